The third kappa shape index (κ3) is 4.53. The van der Waals surface area contributed by atoms with Crippen LogP contribution in [0.25, 0.3) is 0 Å². The van der Waals surface area contributed by atoms with Crippen molar-refractivity contribution in [3.63, 3.8) is 0 Å². The number of rotatable bonds is 6. The van der Waals surface area contributed by atoms with Gasteiger partial charge in [-0.3, -0.25) is 9.59 Å². The number of aryl methyl sites for hydroxylation is 2. The van der Waals surface area contributed by atoms with Crippen molar-refractivity contribution in [2.24, 2.45) is 0 Å². The molecule has 108 valence electrons. The van der Waals surface area contributed by atoms with Gasteiger partial charge < -0.3 is 10.2 Å². The van der Waals surface area contributed by atoms with E-state index in [4.69, 9.17) is 0 Å². The van der Waals surface area contributed by atoms with Crippen LogP contribution in [0.15, 0.2) is 30.9 Å². The summed E-state index contributed by atoms with van der Waals surface area (Å²) in [4.78, 5) is 25.0. The van der Waals surface area contributed by atoms with Gasteiger partial charge in [0.1, 0.15) is 0 Å². The van der Waals surface area contributed by atoms with Crippen molar-refractivity contribution in [2.45, 2.75) is 27.2 Å². The van der Waals surface area contributed by atoms with Crippen molar-refractivity contribution in [3.8, 4) is 0 Å². The Morgan fingerprint density at radius 2 is 2.00 bits per heavy atom. The van der Waals surface area contributed by atoms with Crippen LogP contribution >= 0.6 is 0 Å². The molecule has 0 bridgehead atoms. The van der Waals surface area contributed by atoms with Gasteiger partial charge in [0.05, 0.1) is 0 Å². The first-order chi connectivity index (χ1) is 9.45. The Bertz CT molecular complexity index is 509. The Morgan fingerprint density at radius 3 is 2.55 bits per heavy atom. The molecule has 0 unspecified atom stereocenters. The lowest BCUT2D eigenvalue weighted by atomic mass is 10.1. The van der Waals surface area contributed by atoms with Crippen LogP contribution in [0, 0.1) is 13.8 Å². The molecule has 0 atom stereocenters. The number of anilines is 1. The van der Waals surface area contributed by atoms with Crippen LogP contribution < -0.4 is 10.2 Å². The monoisotopic (exact) mass is 274 g/mol. The van der Waals surface area contributed by atoms with Gasteiger partial charge in [0.25, 0.3) is 0 Å². The van der Waals surface area contributed by atoms with Gasteiger partial charge in [-0.05, 0) is 37.1 Å². The highest BCUT2D eigenvalue weighted by molar-refractivity contribution is 5.92. The molecule has 0 aliphatic carbocycles. The summed E-state index contributed by atoms with van der Waals surface area (Å²) >= 11 is 0. The van der Waals surface area contributed by atoms with Gasteiger partial charge in [-0.25, -0.2) is 0 Å². The molecule has 1 rings (SSSR count). The molecule has 1 aromatic rings. The highest BCUT2D eigenvalue weighted by Gasteiger charge is 2.13. The van der Waals surface area contributed by atoms with Crippen LogP contribution in [0.2, 0.25) is 0 Å². The number of carbonyl (C=O) groups is 2. The van der Waals surface area contributed by atoms with Crippen molar-refractivity contribution in [1.29, 1.82) is 0 Å². The summed E-state index contributed by atoms with van der Waals surface area (Å²) in [5.41, 5.74) is 3.14. The minimum atomic E-state index is -0.0833. The highest BCUT2D eigenvalue weighted by Crippen LogP contribution is 2.19. The lowest BCUT2D eigenvalue weighted by Gasteiger charge is -2.21. The number of nitrogens with one attached hydrogen (secondary N) is 1. The molecule has 20 heavy (non-hydrogen) atoms. The molecule has 0 saturated carbocycles. The zero-order chi connectivity index (χ0) is 15.1. The maximum absolute atomic E-state index is 11.7. The minimum Gasteiger partial charge on any atom is -0.353 e. The third-order valence-electron chi connectivity index (χ3n) is 3.19. The molecule has 2 amide bonds. The second-order valence-corrected chi connectivity index (χ2v) is 4.78. The maximum Gasteiger partial charge on any atom is 0.223 e. The number of hydrogen-bond donors (Lipinski definition) is 1. The first-order valence-corrected chi connectivity index (χ1v) is 6.68. The molecule has 4 nitrogen and oxygen atoms in total. The van der Waals surface area contributed by atoms with Gasteiger partial charge in [-0.1, -0.05) is 12.1 Å². The van der Waals surface area contributed by atoms with Crippen LogP contribution in [-0.4, -0.2) is 24.9 Å². The predicted molar refractivity (Wildman–Crippen MR) is 81.8 cm³/mol. The van der Waals surface area contributed by atoms with Gasteiger partial charge in [-0.15, -0.1) is 6.58 Å². The van der Waals surface area contributed by atoms with Crippen molar-refractivity contribution in [1.82, 2.24) is 5.32 Å². The molecule has 0 heterocycles. The molecular weight excluding hydrogens is 252 g/mol. The molecule has 0 aliphatic heterocycles. The smallest absolute Gasteiger partial charge is 0.223 e. The molecule has 0 saturated heterocycles. The fourth-order valence-corrected chi connectivity index (χ4v) is 1.85. The number of benzene rings is 1. The molecule has 4 heteroatoms. The Hall–Kier alpha value is -2.10. The Labute approximate surface area is 120 Å². The normalized spacial score (nSPS) is 9.95. The van der Waals surface area contributed by atoms with Crippen LogP contribution in [-0.2, 0) is 9.59 Å². The molecule has 1 N–H and O–H groups in total. The van der Waals surface area contributed by atoms with Crippen molar-refractivity contribution in [2.75, 3.05) is 18.0 Å². The lowest BCUT2D eigenvalue weighted by molar-refractivity contribution is -0.120. The zero-order valence-corrected chi connectivity index (χ0v) is 12.4. The van der Waals surface area contributed by atoms with E-state index < -0.39 is 0 Å². The van der Waals surface area contributed by atoms with Gasteiger partial charge in [0.15, 0.2) is 0 Å². The first kappa shape index (κ1) is 16.0. The van der Waals surface area contributed by atoms with E-state index in [9.17, 15) is 9.59 Å². The van der Waals surface area contributed by atoms with Gasteiger partial charge >= 0.3 is 0 Å². The lowest BCUT2D eigenvalue weighted by Crippen LogP contribution is -2.34. The van der Waals surface area contributed by atoms with Crippen LogP contribution in [0.1, 0.15) is 24.5 Å². The van der Waals surface area contributed by atoms with E-state index in [0.29, 0.717) is 13.1 Å². The van der Waals surface area contributed by atoms with E-state index in [1.54, 1.807) is 11.0 Å². The molecule has 0 aromatic heterocycles. The molecule has 0 aliphatic rings. The molecule has 0 fully saturated rings. The van der Waals surface area contributed by atoms with E-state index in [0.717, 1.165) is 11.3 Å². The summed E-state index contributed by atoms with van der Waals surface area (Å²) in [5, 5.41) is 2.70. The number of nitrogens with zero attached hydrogens (tertiary/aromatic N) is 1. The molecule has 1 aromatic carbocycles. The quantitative estimate of drug-likeness (QED) is 0.810. The fourth-order valence-electron chi connectivity index (χ4n) is 1.85. The summed E-state index contributed by atoms with van der Waals surface area (Å²) in [6.07, 6.45) is 1.91. The van der Waals surface area contributed by atoms with Crippen molar-refractivity contribution in [3.05, 3.63) is 42.0 Å². The molecule has 0 spiro atoms. The average molecular weight is 274 g/mol. The number of carbonyl (C=O) groups excluding carboxylic acids is 2. The van der Waals surface area contributed by atoms with E-state index in [1.807, 2.05) is 32.0 Å². The third-order valence-corrected chi connectivity index (χ3v) is 3.19. The van der Waals surface area contributed by atoms with Gasteiger partial charge in [0, 0.05) is 32.1 Å². The largest absolute Gasteiger partial charge is 0.353 e. The topological polar surface area (TPSA) is 49.4 Å². The Morgan fingerprint density at radius 1 is 1.30 bits per heavy atom. The van der Waals surface area contributed by atoms with E-state index in [2.05, 4.69) is 11.9 Å². The average Bonchev–Trinajstić information content (AvgIpc) is 2.40. The summed E-state index contributed by atoms with van der Waals surface area (Å²) in [5.74, 6) is -0.148. The second kappa shape index (κ2) is 7.48. The highest BCUT2D eigenvalue weighted by atomic mass is 16.2. The summed E-state index contributed by atoms with van der Waals surface area (Å²) in [6.45, 7) is 9.91. The van der Waals surface area contributed by atoms with E-state index in [-0.39, 0.29) is 18.2 Å². The van der Waals surface area contributed by atoms with Crippen LogP contribution in [0.3, 0.4) is 0 Å². The van der Waals surface area contributed by atoms with E-state index >= 15 is 0 Å². The standard InChI is InChI=1S/C16H22N2O2/c1-5-9-17-16(20)8-10-18(14(4)19)15-7-6-12(2)13(3)11-15/h5-7,11H,1,8-10H2,2-4H3,(H,17,20). The molecule has 0 radical (unpaired) electrons. The minimum absolute atomic E-state index is 0.0650. The zero-order valence-electron chi connectivity index (χ0n) is 12.4. The van der Waals surface area contributed by atoms with Gasteiger partial charge in [0.2, 0.25) is 11.8 Å². The summed E-state index contributed by atoms with van der Waals surface area (Å²) < 4.78 is 0. The number of amides is 2. The first-order valence-electron chi connectivity index (χ1n) is 6.68. The summed E-state index contributed by atoms with van der Waals surface area (Å²) in [7, 11) is 0. The summed E-state index contributed by atoms with van der Waals surface area (Å²) in [6, 6.07) is 5.86. The van der Waals surface area contributed by atoms with Crippen LogP contribution in [0.5, 0.6) is 0 Å². The second-order valence-electron chi connectivity index (χ2n) is 4.78. The SMILES string of the molecule is C=CCNC(=O)CCN(C(C)=O)c1ccc(C)c(C)c1. The Kier molecular flexibility index (Phi) is 5.97. The molecular formula is C16H22N2O2. The predicted octanol–water partition coefficient (Wildman–Crippen LogP) is 2.35. The Balaban J connectivity index is 2.74. The maximum atomic E-state index is 11.7. The van der Waals surface area contributed by atoms with Crippen LogP contribution in [0.4, 0.5) is 5.69 Å². The van der Waals surface area contributed by atoms with Gasteiger partial charge in [-0.2, -0.15) is 0 Å². The fraction of sp³-hybridized carbons (Fsp3) is 0.375. The number of hydrogen-bond acceptors (Lipinski definition) is 2. The van der Waals surface area contributed by atoms with Crippen molar-refractivity contribution >= 4 is 17.5 Å². The van der Waals surface area contributed by atoms with E-state index in [1.165, 1.54) is 12.5 Å². The van der Waals surface area contributed by atoms with Crippen molar-refractivity contribution < 1.29 is 9.59 Å².